The molecule has 0 spiro atoms. The molecule has 0 aromatic heterocycles. The Morgan fingerprint density at radius 1 is 1.18 bits per heavy atom. The summed E-state index contributed by atoms with van der Waals surface area (Å²) in [5.41, 5.74) is 0.240. The van der Waals surface area contributed by atoms with E-state index in [9.17, 15) is 14.4 Å². The molecule has 1 N–H and O–H groups in total. The molecule has 0 bridgehead atoms. The fraction of sp³-hybridized carbons (Fsp3) is 0.400. The van der Waals surface area contributed by atoms with Gasteiger partial charge in [-0.25, -0.2) is 0 Å². The predicted molar refractivity (Wildman–Crippen MR) is 55.0 cm³/mol. The molecule has 1 aromatic carbocycles. The zero-order valence-electron chi connectivity index (χ0n) is 10.8. The summed E-state index contributed by atoms with van der Waals surface area (Å²) in [6.45, 7) is 3.37. The second kappa shape index (κ2) is 8.49. The van der Waals surface area contributed by atoms with E-state index in [0.29, 0.717) is 6.42 Å². The van der Waals surface area contributed by atoms with Crippen molar-refractivity contribution in [1.82, 2.24) is 5.09 Å². The number of hydrogen-bond acceptors (Lipinski definition) is 3. The molecular formula is C10H14NNa2O3P. The van der Waals surface area contributed by atoms with Gasteiger partial charge in [-0.2, -0.15) is 0 Å². The van der Waals surface area contributed by atoms with Crippen LogP contribution in [0, 0.1) is 0 Å². The second-order valence-corrected chi connectivity index (χ2v) is 5.37. The molecule has 0 aliphatic carbocycles. The molecule has 1 rings (SSSR count). The van der Waals surface area contributed by atoms with Crippen LogP contribution in [0.3, 0.4) is 0 Å². The molecule has 7 heteroatoms. The quantitative estimate of drug-likeness (QED) is 0.438. The van der Waals surface area contributed by atoms with E-state index in [-0.39, 0.29) is 59.1 Å². The fourth-order valence-corrected chi connectivity index (χ4v) is 2.34. The molecule has 0 fully saturated rings. The van der Waals surface area contributed by atoms with Crippen LogP contribution in [0.1, 0.15) is 19.4 Å². The maximum Gasteiger partial charge on any atom is 1.00 e. The zero-order chi connectivity index (χ0) is 11.5. The van der Waals surface area contributed by atoms with Crippen LogP contribution in [-0.4, -0.2) is 5.54 Å². The van der Waals surface area contributed by atoms with Gasteiger partial charge in [0.15, 0.2) is 0 Å². The number of rotatable bonds is 4. The minimum Gasteiger partial charge on any atom is -0.799 e. The van der Waals surface area contributed by atoms with Gasteiger partial charge < -0.3 is 14.4 Å². The molecule has 17 heavy (non-hydrogen) atoms. The van der Waals surface area contributed by atoms with Crippen molar-refractivity contribution >= 4 is 7.75 Å². The van der Waals surface area contributed by atoms with E-state index in [4.69, 9.17) is 0 Å². The Balaban J connectivity index is 0. The summed E-state index contributed by atoms with van der Waals surface area (Å²) in [4.78, 5) is 21.2. The van der Waals surface area contributed by atoms with Crippen molar-refractivity contribution in [1.29, 1.82) is 0 Å². The molecule has 0 atom stereocenters. The van der Waals surface area contributed by atoms with E-state index >= 15 is 0 Å². The average molecular weight is 273 g/mol. The molecule has 0 radical (unpaired) electrons. The van der Waals surface area contributed by atoms with E-state index in [1.54, 1.807) is 13.8 Å². The first-order valence-electron chi connectivity index (χ1n) is 4.64. The summed E-state index contributed by atoms with van der Waals surface area (Å²) < 4.78 is 10.6. The molecule has 0 amide bonds. The van der Waals surface area contributed by atoms with Gasteiger partial charge in [-0.1, -0.05) is 30.3 Å². The average Bonchev–Trinajstić information content (AvgIpc) is 1.99. The Labute approximate surface area is 146 Å². The molecule has 0 heterocycles. The van der Waals surface area contributed by atoms with Crippen LogP contribution in [0.2, 0.25) is 0 Å². The molecule has 1 aromatic rings. The molecule has 0 aliphatic heterocycles. The van der Waals surface area contributed by atoms with Gasteiger partial charge >= 0.3 is 59.1 Å². The Morgan fingerprint density at radius 3 is 2.06 bits per heavy atom. The van der Waals surface area contributed by atoms with Gasteiger partial charge in [0, 0.05) is 5.54 Å². The van der Waals surface area contributed by atoms with Crippen molar-refractivity contribution in [2.24, 2.45) is 0 Å². The molecular weight excluding hydrogens is 259 g/mol. The second-order valence-electron chi connectivity index (χ2n) is 4.16. The summed E-state index contributed by atoms with van der Waals surface area (Å²) >= 11 is 0. The van der Waals surface area contributed by atoms with Gasteiger partial charge in [0.05, 0.1) is 0 Å². The van der Waals surface area contributed by atoms with Gasteiger partial charge in [0.2, 0.25) is 0 Å². The van der Waals surface area contributed by atoms with E-state index in [1.807, 2.05) is 30.3 Å². The molecule has 4 nitrogen and oxygen atoms in total. The van der Waals surface area contributed by atoms with Gasteiger partial charge in [-0.05, 0) is 33.6 Å². The summed E-state index contributed by atoms with van der Waals surface area (Å²) in [5.74, 6) is 0. The van der Waals surface area contributed by atoms with Crippen molar-refractivity contribution in [2.75, 3.05) is 0 Å². The molecule has 0 saturated heterocycles. The Bertz CT molecular complexity index is 367. The van der Waals surface area contributed by atoms with Gasteiger partial charge in [0.1, 0.15) is 0 Å². The first kappa shape index (κ1) is 20.6. The number of nitrogens with one attached hydrogen (secondary N) is 1. The Morgan fingerprint density at radius 2 is 1.65 bits per heavy atom. The smallest absolute Gasteiger partial charge is 0.799 e. The Hall–Kier alpha value is 1.33. The summed E-state index contributed by atoms with van der Waals surface area (Å²) in [5, 5.41) is 2.09. The van der Waals surface area contributed by atoms with Crippen molar-refractivity contribution in [3.05, 3.63) is 35.9 Å². The summed E-state index contributed by atoms with van der Waals surface area (Å²) in [7, 11) is -4.67. The topological polar surface area (TPSA) is 75.2 Å². The van der Waals surface area contributed by atoms with Crippen LogP contribution in [0.5, 0.6) is 0 Å². The third-order valence-electron chi connectivity index (χ3n) is 1.93. The van der Waals surface area contributed by atoms with Crippen LogP contribution in [0.4, 0.5) is 0 Å². The van der Waals surface area contributed by atoms with Crippen molar-refractivity contribution in [3.8, 4) is 0 Å². The predicted octanol–water partition coefficient (Wildman–Crippen LogP) is -5.57. The van der Waals surface area contributed by atoms with E-state index < -0.39 is 13.3 Å². The molecule has 84 valence electrons. The molecule has 0 unspecified atom stereocenters. The fourth-order valence-electron chi connectivity index (χ4n) is 1.52. The maximum atomic E-state index is 10.6. The van der Waals surface area contributed by atoms with Crippen LogP contribution in [-0.2, 0) is 11.0 Å². The van der Waals surface area contributed by atoms with E-state index in [2.05, 4.69) is 5.09 Å². The zero-order valence-corrected chi connectivity index (χ0v) is 15.7. The minimum absolute atomic E-state index is 0. The first-order chi connectivity index (χ1) is 6.79. The maximum absolute atomic E-state index is 10.6. The number of benzene rings is 1. The SMILES string of the molecule is CC(C)(Cc1ccccc1)NP(=O)([O-])[O-].[Na+].[Na+]. The standard InChI is InChI=1S/C10H16NO3P.2Na/c1-10(2,11-15(12,13)14)8-9-6-4-3-5-7-9;;/h3-7H,8H2,1-2H3,(H3,11,12,13,14);;/q;2*+1/p-2. The van der Waals surface area contributed by atoms with Crippen LogP contribution < -0.4 is 74.0 Å². The third kappa shape index (κ3) is 9.85. The van der Waals surface area contributed by atoms with Crippen LogP contribution >= 0.6 is 7.75 Å². The van der Waals surface area contributed by atoms with E-state index in [0.717, 1.165) is 5.56 Å². The summed E-state index contributed by atoms with van der Waals surface area (Å²) in [6.07, 6.45) is 0.488. The van der Waals surface area contributed by atoms with Gasteiger partial charge in [-0.15, -0.1) is 0 Å². The number of hydrogen-bond donors (Lipinski definition) is 1. The van der Waals surface area contributed by atoms with Crippen molar-refractivity contribution in [2.45, 2.75) is 25.8 Å². The van der Waals surface area contributed by atoms with Crippen molar-refractivity contribution in [3.63, 3.8) is 0 Å². The van der Waals surface area contributed by atoms with Crippen LogP contribution in [0.25, 0.3) is 0 Å². The molecule has 0 saturated carbocycles. The van der Waals surface area contributed by atoms with E-state index in [1.165, 1.54) is 0 Å². The third-order valence-corrected chi connectivity index (χ3v) is 2.81. The van der Waals surface area contributed by atoms with Gasteiger partial charge in [0.25, 0.3) is 0 Å². The van der Waals surface area contributed by atoms with Crippen LogP contribution in [0.15, 0.2) is 30.3 Å². The van der Waals surface area contributed by atoms with Gasteiger partial charge in [-0.3, -0.25) is 5.09 Å². The minimum atomic E-state index is -4.67. The molecule has 0 aliphatic rings. The Kier molecular flexibility index (Phi) is 10.3. The van der Waals surface area contributed by atoms with Crippen molar-refractivity contribution < 1.29 is 73.5 Å². The normalized spacial score (nSPS) is 11.3. The summed E-state index contributed by atoms with van der Waals surface area (Å²) in [6, 6.07) is 9.42. The largest absolute Gasteiger partial charge is 1.00 e. The monoisotopic (exact) mass is 273 g/mol. The first-order valence-corrected chi connectivity index (χ1v) is 6.18.